The maximum atomic E-state index is 8.69. The number of benzene rings is 1. The summed E-state index contributed by atoms with van der Waals surface area (Å²) >= 11 is 1.40. The summed E-state index contributed by atoms with van der Waals surface area (Å²) in [5, 5.41) is 12.6. The number of para-hydroxylation sites is 1. The predicted molar refractivity (Wildman–Crippen MR) is 83.4 cm³/mol. The third-order valence-corrected chi connectivity index (χ3v) is 4.15. The number of amidine groups is 1. The second-order valence-corrected chi connectivity index (χ2v) is 5.77. The molecule has 7 heteroatoms. The van der Waals surface area contributed by atoms with E-state index in [4.69, 9.17) is 10.9 Å². The minimum atomic E-state index is 0.211. The van der Waals surface area contributed by atoms with Gasteiger partial charge in [0.1, 0.15) is 11.7 Å². The summed E-state index contributed by atoms with van der Waals surface area (Å²) in [4.78, 5) is 6.70. The highest BCUT2D eigenvalue weighted by molar-refractivity contribution is 7.09. The third kappa shape index (κ3) is 3.30. The zero-order valence-electron chi connectivity index (χ0n) is 11.5. The van der Waals surface area contributed by atoms with E-state index in [1.165, 1.54) is 24.4 Å². The van der Waals surface area contributed by atoms with E-state index in [-0.39, 0.29) is 5.84 Å². The summed E-state index contributed by atoms with van der Waals surface area (Å²) in [7, 11) is 0. The smallest absolute Gasteiger partial charge is 0.209 e. The summed E-state index contributed by atoms with van der Waals surface area (Å²) in [6.45, 7) is 0.596. The van der Waals surface area contributed by atoms with Crippen molar-refractivity contribution >= 4 is 28.2 Å². The number of hydrogen-bond acceptors (Lipinski definition) is 6. The molecular weight excluding hydrogens is 286 g/mol. The molecule has 2 aromatic rings. The summed E-state index contributed by atoms with van der Waals surface area (Å²) < 4.78 is 4.45. The minimum absolute atomic E-state index is 0.211. The lowest BCUT2D eigenvalue weighted by Gasteiger charge is -2.21. The van der Waals surface area contributed by atoms with Crippen LogP contribution in [-0.4, -0.2) is 26.9 Å². The van der Waals surface area contributed by atoms with Gasteiger partial charge in [0, 0.05) is 36.1 Å². The number of rotatable bonds is 6. The summed E-state index contributed by atoms with van der Waals surface area (Å²) in [6.07, 6.45) is 2.83. The molecule has 1 fully saturated rings. The van der Waals surface area contributed by atoms with Crippen molar-refractivity contribution in [1.29, 1.82) is 0 Å². The Kier molecular flexibility index (Phi) is 4.01. The summed E-state index contributed by atoms with van der Waals surface area (Å²) in [6, 6.07) is 9.97. The van der Waals surface area contributed by atoms with Gasteiger partial charge in [-0.15, -0.1) is 0 Å². The first-order valence-electron chi connectivity index (χ1n) is 6.90. The molecule has 0 saturated heterocycles. The van der Waals surface area contributed by atoms with Crippen LogP contribution in [-0.2, 0) is 0 Å². The molecule has 0 spiro atoms. The molecule has 3 rings (SSSR count). The quantitative estimate of drug-likeness (QED) is 0.371. The van der Waals surface area contributed by atoms with Crippen molar-refractivity contribution in [2.24, 2.45) is 10.9 Å². The van der Waals surface area contributed by atoms with Crippen molar-refractivity contribution in [2.75, 3.05) is 11.4 Å². The van der Waals surface area contributed by atoms with Gasteiger partial charge in [0.2, 0.25) is 5.13 Å². The Balaban J connectivity index is 1.83. The lowest BCUT2D eigenvalue weighted by atomic mass is 10.2. The first-order valence-corrected chi connectivity index (χ1v) is 7.68. The van der Waals surface area contributed by atoms with Crippen LogP contribution in [0.5, 0.6) is 0 Å². The van der Waals surface area contributed by atoms with Gasteiger partial charge in [0.05, 0.1) is 0 Å². The van der Waals surface area contributed by atoms with E-state index >= 15 is 0 Å². The first-order chi connectivity index (χ1) is 10.3. The second-order valence-electron chi connectivity index (χ2n) is 5.04. The van der Waals surface area contributed by atoms with E-state index in [0.29, 0.717) is 18.9 Å². The number of hydrogen-bond donors (Lipinski definition) is 2. The molecule has 1 saturated carbocycles. The van der Waals surface area contributed by atoms with Crippen LogP contribution in [0, 0.1) is 0 Å². The highest BCUT2D eigenvalue weighted by Crippen LogP contribution is 2.40. The zero-order chi connectivity index (χ0) is 14.7. The molecule has 0 unspecified atom stereocenters. The third-order valence-electron chi connectivity index (χ3n) is 3.39. The molecule has 0 atom stereocenters. The average molecular weight is 303 g/mol. The van der Waals surface area contributed by atoms with Crippen molar-refractivity contribution in [2.45, 2.75) is 25.2 Å². The van der Waals surface area contributed by atoms with E-state index in [1.54, 1.807) is 0 Å². The number of anilines is 2. The van der Waals surface area contributed by atoms with Crippen molar-refractivity contribution < 1.29 is 5.21 Å². The zero-order valence-corrected chi connectivity index (χ0v) is 12.3. The van der Waals surface area contributed by atoms with Gasteiger partial charge in [-0.1, -0.05) is 23.4 Å². The number of aromatic nitrogens is 2. The fourth-order valence-corrected chi connectivity index (χ4v) is 2.86. The molecule has 1 heterocycles. The Morgan fingerprint density at radius 3 is 2.81 bits per heavy atom. The molecule has 1 aliphatic rings. The fraction of sp³-hybridized carbons (Fsp3) is 0.357. The lowest BCUT2D eigenvalue weighted by molar-refractivity contribution is 0.317. The lowest BCUT2D eigenvalue weighted by Crippen LogP contribution is -2.24. The minimum Gasteiger partial charge on any atom is -0.409 e. The van der Waals surface area contributed by atoms with Gasteiger partial charge in [0.15, 0.2) is 0 Å². The van der Waals surface area contributed by atoms with E-state index in [1.807, 2.05) is 30.3 Å². The van der Waals surface area contributed by atoms with Gasteiger partial charge in [-0.3, -0.25) is 0 Å². The normalized spacial score (nSPS) is 15.1. The fourth-order valence-electron chi connectivity index (χ4n) is 2.06. The molecule has 6 nitrogen and oxygen atoms in total. The first kappa shape index (κ1) is 13.8. The standard InChI is InChI=1S/C14H17N5OS/c15-12(17-20)8-9-19(11-4-2-1-3-5-11)14-16-13(18-21-14)10-6-7-10/h1-5,10,20H,6-9H2,(H2,15,17). The number of oxime groups is 1. The van der Waals surface area contributed by atoms with Crippen LogP contribution < -0.4 is 10.6 Å². The van der Waals surface area contributed by atoms with Gasteiger partial charge in [-0.2, -0.15) is 4.37 Å². The van der Waals surface area contributed by atoms with Crippen LogP contribution in [0.4, 0.5) is 10.8 Å². The summed E-state index contributed by atoms with van der Waals surface area (Å²) in [5.74, 6) is 1.69. The molecule has 0 aliphatic heterocycles. The Morgan fingerprint density at radius 2 is 2.14 bits per heavy atom. The Morgan fingerprint density at radius 1 is 1.38 bits per heavy atom. The SMILES string of the molecule is NC(CCN(c1ccccc1)c1nc(C2CC2)ns1)=NO. The van der Waals surface area contributed by atoms with Gasteiger partial charge in [-0.25, -0.2) is 4.98 Å². The monoisotopic (exact) mass is 303 g/mol. The highest BCUT2D eigenvalue weighted by atomic mass is 32.1. The number of nitrogens with zero attached hydrogens (tertiary/aromatic N) is 4. The molecule has 110 valence electrons. The Labute approximate surface area is 127 Å². The van der Waals surface area contributed by atoms with Gasteiger partial charge < -0.3 is 15.8 Å². The molecule has 0 radical (unpaired) electrons. The number of nitrogens with two attached hydrogens (primary N) is 1. The van der Waals surface area contributed by atoms with Crippen LogP contribution in [0.25, 0.3) is 0 Å². The van der Waals surface area contributed by atoms with Gasteiger partial charge in [0.25, 0.3) is 0 Å². The summed E-state index contributed by atoms with van der Waals surface area (Å²) in [5.41, 5.74) is 6.61. The second kappa shape index (κ2) is 6.09. The van der Waals surface area contributed by atoms with Crippen molar-refractivity contribution in [3.05, 3.63) is 36.2 Å². The van der Waals surface area contributed by atoms with Crippen molar-refractivity contribution in [1.82, 2.24) is 9.36 Å². The van der Waals surface area contributed by atoms with E-state index in [0.717, 1.165) is 16.6 Å². The van der Waals surface area contributed by atoms with Gasteiger partial charge in [-0.05, 0) is 25.0 Å². The largest absolute Gasteiger partial charge is 0.409 e. The van der Waals surface area contributed by atoms with Crippen LogP contribution in [0.3, 0.4) is 0 Å². The molecule has 3 N–H and O–H groups in total. The van der Waals surface area contributed by atoms with Crippen LogP contribution >= 0.6 is 11.5 Å². The maximum Gasteiger partial charge on any atom is 0.209 e. The van der Waals surface area contributed by atoms with Crippen LogP contribution in [0.15, 0.2) is 35.5 Å². The molecule has 1 aliphatic carbocycles. The Bertz CT molecular complexity index is 623. The molecule has 1 aromatic heterocycles. The van der Waals surface area contributed by atoms with E-state index < -0.39 is 0 Å². The molecule has 0 amide bonds. The molecular formula is C14H17N5OS. The molecule has 21 heavy (non-hydrogen) atoms. The van der Waals surface area contributed by atoms with Crippen LogP contribution in [0.2, 0.25) is 0 Å². The highest BCUT2D eigenvalue weighted by Gasteiger charge is 2.28. The predicted octanol–water partition coefficient (Wildman–Crippen LogP) is 2.69. The Hall–Kier alpha value is -2.15. The van der Waals surface area contributed by atoms with E-state index in [9.17, 15) is 0 Å². The molecule has 0 bridgehead atoms. The topological polar surface area (TPSA) is 87.6 Å². The van der Waals surface area contributed by atoms with E-state index in [2.05, 4.69) is 19.4 Å². The molecule has 1 aromatic carbocycles. The average Bonchev–Trinajstić information content (AvgIpc) is 3.27. The van der Waals surface area contributed by atoms with Crippen molar-refractivity contribution in [3.8, 4) is 0 Å². The van der Waals surface area contributed by atoms with Gasteiger partial charge >= 0.3 is 0 Å². The maximum absolute atomic E-state index is 8.69. The van der Waals surface area contributed by atoms with Crippen LogP contribution in [0.1, 0.15) is 31.0 Å². The van der Waals surface area contributed by atoms with Crippen molar-refractivity contribution in [3.63, 3.8) is 0 Å².